The molecule has 10 nitrogen and oxygen atoms in total. The van der Waals surface area contributed by atoms with Gasteiger partial charge in [-0.15, -0.1) is 4.80 Å². The molecule has 1 aliphatic rings. The van der Waals surface area contributed by atoms with Gasteiger partial charge in [0.2, 0.25) is 0 Å². The van der Waals surface area contributed by atoms with Crippen molar-refractivity contribution in [3.05, 3.63) is 94.0 Å². The summed E-state index contributed by atoms with van der Waals surface area (Å²) in [5, 5.41) is 11.2. The topological polar surface area (TPSA) is 113 Å². The first-order valence-electron chi connectivity index (χ1n) is 13.2. The monoisotopic (exact) mass is 578 g/mol. The van der Waals surface area contributed by atoms with E-state index < -0.39 is 18.0 Å². The van der Waals surface area contributed by atoms with Crippen molar-refractivity contribution in [2.75, 3.05) is 0 Å². The molecule has 5 aromatic rings. The molecule has 0 atom stereocenters. The lowest BCUT2D eigenvalue weighted by molar-refractivity contribution is 0.0904. The Labute approximate surface area is 237 Å². The van der Waals surface area contributed by atoms with Gasteiger partial charge in [0.15, 0.2) is 5.82 Å². The minimum atomic E-state index is -2.88. The number of alkyl halides is 2. The molecule has 4 heterocycles. The van der Waals surface area contributed by atoms with E-state index in [0.29, 0.717) is 30.9 Å². The smallest absolute Gasteiger partial charge is 0.333 e. The van der Waals surface area contributed by atoms with Crippen LogP contribution in [0.2, 0.25) is 5.02 Å². The van der Waals surface area contributed by atoms with E-state index in [9.17, 15) is 18.4 Å². The molecule has 1 aliphatic carbocycles. The summed E-state index contributed by atoms with van der Waals surface area (Å²) >= 11 is 5.90. The second kappa shape index (κ2) is 11.2. The van der Waals surface area contributed by atoms with Gasteiger partial charge in [0.1, 0.15) is 5.69 Å². The number of amides is 1. The van der Waals surface area contributed by atoms with Crippen LogP contribution in [0.3, 0.4) is 0 Å². The number of rotatable bonds is 7. The molecule has 1 N–H and O–H groups in total. The molecule has 0 unspecified atom stereocenters. The molecule has 0 saturated heterocycles. The number of pyridine rings is 2. The highest BCUT2D eigenvalue weighted by Gasteiger charge is 2.27. The fourth-order valence-corrected chi connectivity index (χ4v) is 5.57. The summed E-state index contributed by atoms with van der Waals surface area (Å²) in [5.74, 6) is 0.133. The summed E-state index contributed by atoms with van der Waals surface area (Å²) in [7, 11) is 0. The second-order valence-electron chi connectivity index (χ2n) is 9.99. The molecule has 0 spiro atoms. The molecule has 1 amide bonds. The maximum atomic E-state index is 13.7. The Kier molecular flexibility index (Phi) is 7.31. The molecule has 1 aromatic carbocycles. The number of imidazole rings is 1. The first-order chi connectivity index (χ1) is 19.9. The van der Waals surface area contributed by atoms with Gasteiger partial charge in [0, 0.05) is 18.8 Å². The average Bonchev–Trinajstić information content (AvgIpc) is 3.61. The van der Waals surface area contributed by atoms with E-state index in [-0.39, 0.29) is 28.2 Å². The van der Waals surface area contributed by atoms with E-state index in [0.717, 1.165) is 30.1 Å². The van der Waals surface area contributed by atoms with Crippen molar-refractivity contribution in [3.63, 3.8) is 0 Å². The van der Waals surface area contributed by atoms with Crippen LogP contribution in [0.1, 0.15) is 48.2 Å². The number of benzene rings is 1. The summed E-state index contributed by atoms with van der Waals surface area (Å²) in [6.07, 6.45) is 5.83. The first-order valence-corrected chi connectivity index (χ1v) is 13.5. The van der Waals surface area contributed by atoms with Gasteiger partial charge in [0.05, 0.1) is 45.9 Å². The summed E-state index contributed by atoms with van der Waals surface area (Å²) in [6, 6.07) is 12.2. The number of hydrogen-bond acceptors (Lipinski definition) is 6. The molecular weight excluding hydrogens is 554 g/mol. The van der Waals surface area contributed by atoms with Crippen molar-refractivity contribution < 1.29 is 13.6 Å². The van der Waals surface area contributed by atoms with Crippen LogP contribution in [0.15, 0.2) is 72.0 Å². The average molecular weight is 579 g/mol. The summed E-state index contributed by atoms with van der Waals surface area (Å²) in [6.45, 7) is 0.517. The van der Waals surface area contributed by atoms with E-state index >= 15 is 0 Å². The van der Waals surface area contributed by atoms with Gasteiger partial charge in [-0.1, -0.05) is 23.7 Å². The quantitative estimate of drug-likeness (QED) is 0.298. The van der Waals surface area contributed by atoms with Crippen molar-refractivity contribution in [3.8, 4) is 11.5 Å². The number of nitrogens with one attached hydrogen (secondary N) is 1. The van der Waals surface area contributed by atoms with Crippen molar-refractivity contribution in [2.24, 2.45) is 5.92 Å². The predicted octanol–water partition coefficient (Wildman–Crippen LogP) is 4.74. The minimum Gasteiger partial charge on any atom is -0.349 e. The molecule has 0 bridgehead atoms. The lowest BCUT2D eigenvalue weighted by Crippen LogP contribution is -2.39. The van der Waals surface area contributed by atoms with Crippen LogP contribution in [0.4, 0.5) is 8.78 Å². The van der Waals surface area contributed by atoms with Gasteiger partial charge in [-0.2, -0.15) is 10.2 Å². The Morgan fingerprint density at radius 2 is 1.73 bits per heavy atom. The molecule has 0 aliphatic heterocycles. The van der Waals surface area contributed by atoms with Crippen LogP contribution in [-0.4, -0.2) is 46.0 Å². The van der Waals surface area contributed by atoms with Gasteiger partial charge in [-0.3, -0.25) is 18.9 Å². The van der Waals surface area contributed by atoms with Gasteiger partial charge >= 0.3 is 5.69 Å². The molecule has 1 saturated carbocycles. The predicted molar refractivity (Wildman–Crippen MR) is 148 cm³/mol. The second-order valence-corrected chi connectivity index (χ2v) is 10.4. The molecule has 13 heteroatoms. The Bertz CT molecular complexity index is 1740. The number of nitrogens with zero attached hydrogens (tertiary/aromatic N) is 7. The van der Waals surface area contributed by atoms with E-state index in [2.05, 4.69) is 25.5 Å². The highest BCUT2D eigenvalue weighted by molar-refractivity contribution is 6.30. The molecule has 1 fully saturated rings. The van der Waals surface area contributed by atoms with Crippen molar-refractivity contribution in [1.29, 1.82) is 0 Å². The zero-order valence-electron chi connectivity index (χ0n) is 21.7. The van der Waals surface area contributed by atoms with Crippen molar-refractivity contribution in [2.45, 2.75) is 44.7 Å². The van der Waals surface area contributed by atoms with Gasteiger partial charge in [0.25, 0.3) is 12.3 Å². The SMILES string of the molecule is O=C(NC1CCC(Cn2c(=O)n(-c3ccc(-n4nccn4)nc3)c3ccccc32)CC1)c1cc(Cl)cnc1C(F)F. The van der Waals surface area contributed by atoms with Crippen LogP contribution < -0.4 is 11.0 Å². The maximum Gasteiger partial charge on any atom is 0.333 e. The van der Waals surface area contributed by atoms with Crippen LogP contribution in [0, 0.1) is 5.92 Å². The zero-order valence-corrected chi connectivity index (χ0v) is 22.5. The molecule has 6 rings (SSSR count). The lowest BCUT2D eigenvalue weighted by atomic mass is 9.85. The Hall–Kier alpha value is -4.45. The van der Waals surface area contributed by atoms with E-state index in [4.69, 9.17) is 11.6 Å². The van der Waals surface area contributed by atoms with Crippen LogP contribution in [0.25, 0.3) is 22.5 Å². The van der Waals surface area contributed by atoms with Crippen molar-refractivity contribution in [1.82, 2.24) is 39.4 Å². The number of para-hydroxylation sites is 2. The summed E-state index contributed by atoms with van der Waals surface area (Å²) in [4.78, 5) is 35.9. The highest BCUT2D eigenvalue weighted by Crippen LogP contribution is 2.29. The van der Waals surface area contributed by atoms with Crippen LogP contribution >= 0.6 is 11.6 Å². The fourth-order valence-electron chi connectivity index (χ4n) is 5.41. The van der Waals surface area contributed by atoms with E-state index in [1.807, 2.05) is 30.3 Å². The standard InChI is InChI=1S/C28H25ClF2N8O2/c29-18-13-21(25(26(30)31)33-14-18)27(40)36-19-7-5-17(6-8-19)16-37-22-3-1-2-4-23(22)38(28(37)41)20-9-10-24(32-15-20)39-34-11-12-35-39/h1-4,9-15,17,19,26H,5-8,16H2,(H,36,40). The largest absolute Gasteiger partial charge is 0.349 e. The fraction of sp³-hybridized carbons (Fsp3) is 0.286. The third kappa shape index (κ3) is 5.34. The van der Waals surface area contributed by atoms with Crippen LogP contribution in [-0.2, 0) is 6.54 Å². The molecule has 4 aromatic heterocycles. The van der Waals surface area contributed by atoms with Gasteiger partial charge in [-0.05, 0) is 61.9 Å². The Balaban J connectivity index is 1.17. The number of carbonyl (C=O) groups is 1. The van der Waals surface area contributed by atoms with E-state index in [1.54, 1.807) is 33.8 Å². The lowest BCUT2D eigenvalue weighted by Gasteiger charge is -2.29. The first kappa shape index (κ1) is 26.8. The number of hydrogen-bond donors (Lipinski definition) is 1. The summed E-state index contributed by atoms with van der Waals surface area (Å²) < 4.78 is 30.2. The Morgan fingerprint density at radius 3 is 2.41 bits per heavy atom. The number of fused-ring (bicyclic) bond motifs is 1. The third-order valence-corrected chi connectivity index (χ3v) is 7.62. The Morgan fingerprint density at radius 1 is 1.00 bits per heavy atom. The zero-order chi connectivity index (χ0) is 28.5. The van der Waals surface area contributed by atoms with Crippen molar-refractivity contribution >= 4 is 28.5 Å². The molecule has 210 valence electrons. The van der Waals surface area contributed by atoms with E-state index in [1.165, 1.54) is 10.9 Å². The third-order valence-electron chi connectivity index (χ3n) is 7.41. The molecule has 0 radical (unpaired) electrons. The normalized spacial score (nSPS) is 17.3. The summed E-state index contributed by atoms with van der Waals surface area (Å²) in [5.41, 5.74) is 1.26. The van der Waals surface area contributed by atoms with Crippen LogP contribution in [0.5, 0.6) is 0 Å². The van der Waals surface area contributed by atoms with Gasteiger partial charge < -0.3 is 5.32 Å². The molecular formula is C28H25ClF2N8O2. The highest BCUT2D eigenvalue weighted by atomic mass is 35.5. The molecule has 41 heavy (non-hydrogen) atoms. The number of halogens is 3. The number of carbonyl (C=O) groups excluding carboxylic acids is 1. The number of aromatic nitrogens is 7. The maximum absolute atomic E-state index is 13.7. The minimum absolute atomic E-state index is 0.120. The van der Waals surface area contributed by atoms with Gasteiger partial charge in [-0.25, -0.2) is 18.6 Å².